The molecular formula is C15H30N2O3. The van der Waals surface area contributed by atoms with Crippen molar-refractivity contribution >= 4 is 5.97 Å². The summed E-state index contributed by atoms with van der Waals surface area (Å²) < 4.78 is 10.00. The van der Waals surface area contributed by atoms with Crippen LogP contribution in [0, 0.1) is 0 Å². The maximum Gasteiger partial charge on any atom is 0.325 e. The summed E-state index contributed by atoms with van der Waals surface area (Å²) >= 11 is 0. The highest BCUT2D eigenvalue weighted by Crippen LogP contribution is 2.25. The molecule has 1 fully saturated rings. The first-order valence-corrected chi connectivity index (χ1v) is 7.55. The van der Waals surface area contributed by atoms with Crippen LogP contribution in [-0.2, 0) is 14.3 Å². The van der Waals surface area contributed by atoms with E-state index in [4.69, 9.17) is 9.47 Å². The normalized spacial score (nSPS) is 18.1. The van der Waals surface area contributed by atoms with Crippen LogP contribution >= 0.6 is 0 Å². The molecule has 20 heavy (non-hydrogen) atoms. The summed E-state index contributed by atoms with van der Waals surface area (Å²) in [6.45, 7) is 4.77. The van der Waals surface area contributed by atoms with E-state index in [1.54, 1.807) is 7.11 Å². The fourth-order valence-corrected chi connectivity index (χ4v) is 2.43. The summed E-state index contributed by atoms with van der Waals surface area (Å²) in [6.07, 6.45) is 5.17. The van der Waals surface area contributed by atoms with Crippen molar-refractivity contribution in [2.75, 3.05) is 41.0 Å². The van der Waals surface area contributed by atoms with Gasteiger partial charge in [0.1, 0.15) is 5.54 Å². The molecule has 1 aliphatic rings. The number of esters is 1. The third-order valence-electron chi connectivity index (χ3n) is 3.84. The van der Waals surface area contributed by atoms with Crippen LogP contribution in [0.15, 0.2) is 0 Å². The summed E-state index contributed by atoms with van der Waals surface area (Å²) in [6, 6.07) is 0.499. The largest absolute Gasteiger partial charge is 0.468 e. The lowest BCUT2D eigenvalue weighted by molar-refractivity contribution is -0.148. The fourth-order valence-electron chi connectivity index (χ4n) is 2.43. The standard InChI is InChI=1S/C15H30N2O3/c1-15(14(18)20-4,16-13-7-8-13)9-5-10-17(2)11-6-12-19-3/h13,16H,5-12H2,1-4H3. The van der Waals surface area contributed by atoms with Crippen molar-refractivity contribution in [3.63, 3.8) is 0 Å². The Bertz CT molecular complexity index is 295. The van der Waals surface area contributed by atoms with Gasteiger partial charge in [-0.15, -0.1) is 0 Å². The van der Waals surface area contributed by atoms with Crippen molar-refractivity contribution in [1.82, 2.24) is 10.2 Å². The first-order chi connectivity index (χ1) is 9.51. The number of carbonyl (C=O) groups is 1. The lowest BCUT2D eigenvalue weighted by Crippen LogP contribution is -2.51. The van der Waals surface area contributed by atoms with Crippen LogP contribution in [0.1, 0.15) is 39.0 Å². The quantitative estimate of drug-likeness (QED) is 0.460. The van der Waals surface area contributed by atoms with Crippen molar-refractivity contribution in [3.05, 3.63) is 0 Å². The third-order valence-corrected chi connectivity index (χ3v) is 3.84. The van der Waals surface area contributed by atoms with Gasteiger partial charge in [0.2, 0.25) is 0 Å². The van der Waals surface area contributed by atoms with E-state index in [0.717, 1.165) is 39.0 Å². The highest BCUT2D eigenvalue weighted by atomic mass is 16.5. The molecule has 0 heterocycles. The SMILES string of the molecule is COCCCN(C)CCCC(C)(NC1CC1)C(=O)OC. The molecule has 0 aromatic carbocycles. The minimum absolute atomic E-state index is 0.147. The molecule has 1 atom stereocenters. The molecule has 1 aliphatic carbocycles. The van der Waals surface area contributed by atoms with Gasteiger partial charge < -0.3 is 14.4 Å². The third kappa shape index (κ3) is 6.20. The number of carbonyl (C=O) groups excluding carboxylic acids is 1. The minimum atomic E-state index is -0.538. The van der Waals surface area contributed by atoms with Gasteiger partial charge in [0.05, 0.1) is 7.11 Å². The molecule has 5 heteroatoms. The van der Waals surface area contributed by atoms with Gasteiger partial charge >= 0.3 is 5.97 Å². The van der Waals surface area contributed by atoms with E-state index in [1.807, 2.05) is 6.92 Å². The summed E-state index contributed by atoms with van der Waals surface area (Å²) in [5.74, 6) is -0.147. The monoisotopic (exact) mass is 286 g/mol. The second-order valence-electron chi connectivity index (χ2n) is 6.00. The van der Waals surface area contributed by atoms with Crippen LogP contribution in [0.4, 0.5) is 0 Å². The van der Waals surface area contributed by atoms with Crippen molar-refractivity contribution in [1.29, 1.82) is 0 Å². The number of hydrogen-bond acceptors (Lipinski definition) is 5. The first kappa shape index (κ1) is 17.4. The number of nitrogens with zero attached hydrogens (tertiary/aromatic N) is 1. The van der Waals surface area contributed by atoms with Gasteiger partial charge in [-0.05, 0) is 52.6 Å². The zero-order chi connectivity index (χ0) is 15.0. The van der Waals surface area contributed by atoms with Crippen LogP contribution in [0.3, 0.4) is 0 Å². The van der Waals surface area contributed by atoms with E-state index in [0.29, 0.717) is 6.04 Å². The molecule has 0 radical (unpaired) electrons. The highest BCUT2D eigenvalue weighted by molar-refractivity contribution is 5.80. The molecule has 1 rings (SSSR count). The average molecular weight is 286 g/mol. The Morgan fingerprint density at radius 2 is 1.95 bits per heavy atom. The average Bonchev–Trinajstić information content (AvgIpc) is 3.21. The molecule has 0 amide bonds. The minimum Gasteiger partial charge on any atom is -0.468 e. The van der Waals surface area contributed by atoms with E-state index in [2.05, 4.69) is 17.3 Å². The van der Waals surface area contributed by atoms with E-state index in [-0.39, 0.29) is 5.97 Å². The predicted octanol–water partition coefficient (Wildman–Crippen LogP) is 1.42. The Hall–Kier alpha value is -0.650. The summed E-state index contributed by atoms with van der Waals surface area (Å²) in [5, 5.41) is 3.43. The molecule has 0 aliphatic heterocycles. The maximum absolute atomic E-state index is 12.0. The Morgan fingerprint density at radius 1 is 1.30 bits per heavy atom. The van der Waals surface area contributed by atoms with E-state index < -0.39 is 5.54 Å². The second-order valence-corrected chi connectivity index (χ2v) is 6.00. The van der Waals surface area contributed by atoms with Crippen molar-refractivity contribution in [2.45, 2.75) is 50.6 Å². The predicted molar refractivity (Wildman–Crippen MR) is 79.8 cm³/mol. The first-order valence-electron chi connectivity index (χ1n) is 7.55. The molecular weight excluding hydrogens is 256 g/mol. The summed E-state index contributed by atoms with van der Waals surface area (Å²) in [4.78, 5) is 14.3. The van der Waals surface area contributed by atoms with E-state index in [9.17, 15) is 4.79 Å². The molecule has 0 saturated heterocycles. The maximum atomic E-state index is 12.0. The van der Waals surface area contributed by atoms with Gasteiger partial charge in [-0.25, -0.2) is 0 Å². The van der Waals surface area contributed by atoms with Crippen LogP contribution in [0.2, 0.25) is 0 Å². The molecule has 0 aromatic rings. The van der Waals surface area contributed by atoms with Crippen LogP contribution < -0.4 is 5.32 Å². The van der Waals surface area contributed by atoms with Crippen molar-refractivity contribution in [2.24, 2.45) is 0 Å². The second kappa shape index (κ2) is 8.60. The Morgan fingerprint density at radius 3 is 2.50 bits per heavy atom. The molecule has 0 spiro atoms. The van der Waals surface area contributed by atoms with Crippen LogP contribution in [-0.4, -0.2) is 63.4 Å². The number of nitrogens with one attached hydrogen (secondary N) is 1. The van der Waals surface area contributed by atoms with E-state index >= 15 is 0 Å². The van der Waals surface area contributed by atoms with Gasteiger partial charge in [-0.1, -0.05) is 0 Å². The van der Waals surface area contributed by atoms with Gasteiger partial charge in [0.25, 0.3) is 0 Å². The van der Waals surface area contributed by atoms with Gasteiger partial charge in [0, 0.05) is 26.3 Å². The number of rotatable bonds is 11. The Labute approximate surface area is 123 Å². The lowest BCUT2D eigenvalue weighted by Gasteiger charge is -2.29. The molecule has 1 saturated carbocycles. The zero-order valence-corrected chi connectivity index (χ0v) is 13.4. The number of methoxy groups -OCH3 is 2. The van der Waals surface area contributed by atoms with Gasteiger partial charge in [-0.2, -0.15) is 0 Å². The fraction of sp³-hybridized carbons (Fsp3) is 0.933. The summed E-state index contributed by atoms with van der Waals surface area (Å²) in [7, 11) is 5.30. The lowest BCUT2D eigenvalue weighted by atomic mass is 9.95. The zero-order valence-electron chi connectivity index (χ0n) is 13.4. The van der Waals surface area contributed by atoms with Gasteiger partial charge in [-0.3, -0.25) is 10.1 Å². The molecule has 118 valence electrons. The van der Waals surface area contributed by atoms with Crippen molar-refractivity contribution < 1.29 is 14.3 Å². The van der Waals surface area contributed by atoms with Gasteiger partial charge in [0.15, 0.2) is 0 Å². The highest BCUT2D eigenvalue weighted by Gasteiger charge is 2.38. The summed E-state index contributed by atoms with van der Waals surface area (Å²) in [5.41, 5.74) is -0.538. The molecule has 0 aromatic heterocycles. The van der Waals surface area contributed by atoms with Crippen molar-refractivity contribution in [3.8, 4) is 0 Å². The topological polar surface area (TPSA) is 50.8 Å². The van der Waals surface area contributed by atoms with Crippen LogP contribution in [0.25, 0.3) is 0 Å². The Kier molecular flexibility index (Phi) is 7.48. The number of hydrogen-bond donors (Lipinski definition) is 1. The van der Waals surface area contributed by atoms with Crippen LogP contribution in [0.5, 0.6) is 0 Å². The molecule has 1 N–H and O–H groups in total. The molecule has 5 nitrogen and oxygen atoms in total. The van der Waals surface area contributed by atoms with E-state index in [1.165, 1.54) is 20.0 Å². The Balaban J connectivity index is 2.28. The number of ether oxygens (including phenoxy) is 2. The smallest absolute Gasteiger partial charge is 0.325 e. The molecule has 0 bridgehead atoms. The molecule has 1 unspecified atom stereocenters.